The molecule has 2 saturated heterocycles. The molecule has 2 bridgehead atoms. The Bertz CT molecular complexity index is 1550. The average molecular weight is 624 g/mol. The third-order valence-electron chi connectivity index (χ3n) is 9.86. The van der Waals surface area contributed by atoms with Crippen molar-refractivity contribution in [2.24, 2.45) is 5.92 Å². The zero-order chi connectivity index (χ0) is 30.5. The van der Waals surface area contributed by atoms with Gasteiger partial charge >= 0.3 is 0 Å². The summed E-state index contributed by atoms with van der Waals surface area (Å²) in [5.74, 6) is 1.37. The lowest BCUT2D eigenvalue weighted by atomic mass is 9.75. The van der Waals surface area contributed by atoms with Crippen LogP contribution in [0.2, 0.25) is 5.02 Å². The van der Waals surface area contributed by atoms with Crippen LogP contribution in [0.4, 0.5) is 5.69 Å². The predicted molar refractivity (Wildman–Crippen MR) is 172 cm³/mol. The molecule has 1 N–H and O–H groups in total. The normalized spacial score (nSPS) is 26.0. The van der Waals surface area contributed by atoms with Crippen LogP contribution in [0.1, 0.15) is 81.2 Å². The van der Waals surface area contributed by atoms with Crippen LogP contribution in [0.25, 0.3) is 0 Å². The monoisotopic (exact) mass is 623 g/mol. The number of anilines is 1. The minimum Gasteiger partial charge on any atom is -0.493 e. The van der Waals surface area contributed by atoms with Gasteiger partial charge in [-0.1, -0.05) is 42.3 Å². The standard InChI is InChI=1S/C35H42ClNO5S/c1-22(2)42-33-21-31-24(18-32(33)41-4)16-17-37(34(31)23-8-12-27(36)13-9-23)28-14-10-25(11-15-28)35(3,38)26-19-29-6-5-7-30(20-26)43(29,39)40/h8-15,18,21-22,26,29-30,34,38H,5-7,16-17,19-20H2,1-4H3/t29-,30-,34?,35?/m0/s1. The lowest BCUT2D eigenvalue weighted by Gasteiger charge is -2.44. The predicted octanol–water partition coefficient (Wildman–Crippen LogP) is 7.24. The first-order valence-electron chi connectivity index (χ1n) is 15.4. The molecule has 0 amide bonds. The molecule has 3 aliphatic rings. The summed E-state index contributed by atoms with van der Waals surface area (Å²) in [7, 11) is -1.40. The molecule has 6 nitrogen and oxygen atoms in total. The molecule has 3 aromatic carbocycles. The Kier molecular flexibility index (Phi) is 8.20. The molecule has 3 aliphatic heterocycles. The van der Waals surface area contributed by atoms with Gasteiger partial charge in [0.05, 0.1) is 35.4 Å². The Morgan fingerprint density at radius 2 is 1.63 bits per heavy atom. The van der Waals surface area contributed by atoms with E-state index in [0.29, 0.717) is 30.7 Å². The first kappa shape index (κ1) is 30.3. The van der Waals surface area contributed by atoms with E-state index in [-0.39, 0.29) is 28.6 Å². The third-order valence-corrected chi connectivity index (χ3v) is 12.8. The fraction of sp³-hybridized carbons (Fsp3) is 0.486. The van der Waals surface area contributed by atoms with E-state index in [1.165, 1.54) is 5.56 Å². The number of nitrogens with zero attached hydrogens (tertiary/aromatic N) is 1. The molecule has 43 heavy (non-hydrogen) atoms. The van der Waals surface area contributed by atoms with Gasteiger partial charge in [0, 0.05) is 17.3 Å². The SMILES string of the molecule is COc1cc2c(cc1OC(C)C)C(c1ccc(Cl)cc1)N(c1ccc(C(C)(O)C3C[C@@H]4CCC[C@@H](C3)S4(=O)=O)cc1)CC2. The number of ether oxygens (including phenoxy) is 2. The zero-order valence-corrected chi connectivity index (χ0v) is 27.0. The number of halogens is 1. The number of sulfone groups is 1. The topological polar surface area (TPSA) is 76.1 Å². The van der Waals surface area contributed by atoms with Gasteiger partial charge in [-0.25, -0.2) is 8.42 Å². The number of hydrogen-bond acceptors (Lipinski definition) is 6. The maximum absolute atomic E-state index is 12.9. The Hall–Kier alpha value is -2.74. The van der Waals surface area contributed by atoms with E-state index in [2.05, 4.69) is 41.3 Å². The summed E-state index contributed by atoms with van der Waals surface area (Å²) in [5, 5.41) is 11.9. The van der Waals surface area contributed by atoms with Gasteiger partial charge in [0.25, 0.3) is 0 Å². The van der Waals surface area contributed by atoms with Crippen LogP contribution < -0.4 is 14.4 Å². The number of fused-ring (bicyclic) bond motifs is 3. The number of methoxy groups -OCH3 is 1. The van der Waals surface area contributed by atoms with Crippen LogP contribution in [0.15, 0.2) is 60.7 Å². The Labute approximate surface area is 260 Å². The van der Waals surface area contributed by atoms with Crippen LogP contribution in [0.5, 0.6) is 11.5 Å². The van der Waals surface area contributed by atoms with Gasteiger partial charge in [0.1, 0.15) is 0 Å². The summed E-state index contributed by atoms with van der Waals surface area (Å²) in [6.07, 6.45) is 4.29. The minimum atomic E-state index is -3.08. The Morgan fingerprint density at radius 3 is 2.23 bits per heavy atom. The molecule has 230 valence electrons. The van der Waals surface area contributed by atoms with Crippen molar-refractivity contribution >= 4 is 27.1 Å². The first-order chi connectivity index (χ1) is 20.5. The molecule has 4 atom stereocenters. The van der Waals surface area contributed by atoms with Gasteiger partial charge in [-0.05, 0) is 117 Å². The molecule has 2 fully saturated rings. The largest absolute Gasteiger partial charge is 0.493 e. The Balaban J connectivity index is 1.34. The van der Waals surface area contributed by atoms with Crippen LogP contribution in [0, 0.1) is 5.92 Å². The summed E-state index contributed by atoms with van der Waals surface area (Å²) in [6, 6.07) is 20.4. The van der Waals surface area contributed by atoms with Gasteiger partial charge in [-0.15, -0.1) is 0 Å². The molecule has 0 aliphatic carbocycles. The van der Waals surface area contributed by atoms with Crippen LogP contribution in [-0.2, 0) is 21.9 Å². The highest BCUT2D eigenvalue weighted by Crippen LogP contribution is 2.47. The summed E-state index contributed by atoms with van der Waals surface area (Å²) < 4.78 is 37.6. The molecule has 0 radical (unpaired) electrons. The van der Waals surface area contributed by atoms with Crippen LogP contribution >= 0.6 is 11.6 Å². The zero-order valence-electron chi connectivity index (χ0n) is 25.4. The molecule has 0 aromatic heterocycles. The van der Waals surface area contributed by atoms with E-state index >= 15 is 0 Å². The van der Waals surface area contributed by atoms with Gasteiger partial charge in [-0.3, -0.25) is 0 Å². The number of benzene rings is 3. The van der Waals surface area contributed by atoms with Crippen molar-refractivity contribution in [2.75, 3.05) is 18.6 Å². The van der Waals surface area contributed by atoms with E-state index < -0.39 is 15.4 Å². The lowest BCUT2D eigenvalue weighted by Crippen LogP contribution is -2.48. The summed E-state index contributed by atoms with van der Waals surface area (Å²) in [4.78, 5) is 2.40. The second-order valence-corrected chi connectivity index (χ2v) is 15.8. The van der Waals surface area contributed by atoms with Gasteiger partial charge in [-0.2, -0.15) is 0 Å². The molecule has 3 aromatic rings. The lowest BCUT2D eigenvalue weighted by molar-refractivity contribution is -0.0188. The fourth-order valence-electron chi connectivity index (χ4n) is 7.51. The highest BCUT2D eigenvalue weighted by atomic mass is 35.5. The van der Waals surface area contributed by atoms with Crippen molar-refractivity contribution in [1.82, 2.24) is 0 Å². The van der Waals surface area contributed by atoms with E-state index in [9.17, 15) is 13.5 Å². The van der Waals surface area contributed by atoms with E-state index in [1.807, 2.05) is 45.0 Å². The van der Waals surface area contributed by atoms with E-state index in [4.69, 9.17) is 21.1 Å². The molecular weight excluding hydrogens is 582 g/mol. The molecule has 8 heteroatoms. The van der Waals surface area contributed by atoms with E-state index in [1.54, 1.807) is 7.11 Å². The molecule has 0 spiro atoms. The Morgan fingerprint density at radius 1 is 0.977 bits per heavy atom. The molecule has 3 heterocycles. The fourth-order valence-corrected chi connectivity index (χ4v) is 10.2. The van der Waals surface area contributed by atoms with Crippen molar-refractivity contribution in [1.29, 1.82) is 0 Å². The molecule has 0 saturated carbocycles. The first-order valence-corrected chi connectivity index (χ1v) is 17.4. The second-order valence-electron chi connectivity index (χ2n) is 12.9. The van der Waals surface area contributed by atoms with Gasteiger partial charge in [0.15, 0.2) is 21.3 Å². The van der Waals surface area contributed by atoms with Crippen molar-refractivity contribution in [3.05, 3.63) is 87.9 Å². The van der Waals surface area contributed by atoms with Crippen molar-refractivity contribution in [3.8, 4) is 11.5 Å². The molecular formula is C35H42ClNO5S. The quantitative estimate of drug-likeness (QED) is 0.299. The van der Waals surface area contributed by atoms with Crippen LogP contribution in [-0.4, -0.2) is 43.8 Å². The van der Waals surface area contributed by atoms with Gasteiger partial charge in [0.2, 0.25) is 0 Å². The summed E-state index contributed by atoms with van der Waals surface area (Å²) >= 11 is 6.29. The third kappa shape index (κ3) is 5.65. The highest BCUT2D eigenvalue weighted by molar-refractivity contribution is 7.92. The maximum Gasteiger partial charge on any atom is 0.161 e. The number of rotatable bonds is 7. The van der Waals surface area contributed by atoms with Crippen molar-refractivity contribution in [2.45, 2.75) is 87.5 Å². The summed E-state index contributed by atoms with van der Waals surface area (Å²) in [6.45, 7) is 6.68. The number of aliphatic hydroxyl groups is 1. The average Bonchev–Trinajstić information content (AvgIpc) is 2.96. The molecule has 2 unspecified atom stereocenters. The van der Waals surface area contributed by atoms with Crippen molar-refractivity contribution < 1.29 is 23.0 Å². The summed E-state index contributed by atoms with van der Waals surface area (Å²) in [5.41, 5.74) is 4.29. The highest BCUT2D eigenvalue weighted by Gasteiger charge is 2.49. The number of hydrogen-bond donors (Lipinski definition) is 1. The minimum absolute atomic E-state index is 0.00445. The van der Waals surface area contributed by atoms with E-state index in [0.717, 1.165) is 53.3 Å². The maximum atomic E-state index is 12.9. The van der Waals surface area contributed by atoms with Crippen LogP contribution in [0.3, 0.4) is 0 Å². The second kappa shape index (κ2) is 11.6. The van der Waals surface area contributed by atoms with Crippen molar-refractivity contribution in [3.63, 3.8) is 0 Å². The smallest absolute Gasteiger partial charge is 0.161 e. The molecule has 6 rings (SSSR count). The van der Waals surface area contributed by atoms with Gasteiger partial charge < -0.3 is 19.5 Å².